The van der Waals surface area contributed by atoms with Gasteiger partial charge in [0.05, 0.1) is 0 Å². The molecule has 20 heavy (non-hydrogen) atoms. The lowest BCUT2D eigenvalue weighted by atomic mass is 10.1. The molecule has 108 valence electrons. The van der Waals surface area contributed by atoms with Crippen LogP contribution < -0.4 is 10.6 Å². The van der Waals surface area contributed by atoms with Gasteiger partial charge < -0.3 is 10.6 Å². The molecule has 0 radical (unpaired) electrons. The van der Waals surface area contributed by atoms with E-state index in [4.69, 9.17) is 0 Å². The average molecular weight is 273 g/mol. The van der Waals surface area contributed by atoms with Crippen molar-refractivity contribution >= 4 is 17.3 Å². The Kier molecular flexibility index (Phi) is 3.92. The second-order valence-electron chi connectivity index (χ2n) is 5.77. The van der Waals surface area contributed by atoms with Crippen molar-refractivity contribution in [2.75, 3.05) is 23.7 Å². The Hall–Kier alpha value is -1.55. The first kappa shape index (κ1) is 13.4. The van der Waals surface area contributed by atoms with Crippen LogP contribution in [0.2, 0.25) is 0 Å². The van der Waals surface area contributed by atoms with E-state index < -0.39 is 0 Å². The summed E-state index contributed by atoms with van der Waals surface area (Å²) in [5.41, 5.74) is 1.99. The molecule has 0 saturated carbocycles. The van der Waals surface area contributed by atoms with Gasteiger partial charge in [-0.15, -0.1) is 0 Å². The van der Waals surface area contributed by atoms with Crippen LogP contribution in [0.15, 0.2) is 24.3 Å². The van der Waals surface area contributed by atoms with Crippen LogP contribution in [0.1, 0.15) is 32.6 Å². The predicted molar refractivity (Wildman–Crippen MR) is 82.0 cm³/mol. The molecule has 2 heterocycles. The highest BCUT2D eigenvalue weighted by atomic mass is 16.1. The first-order chi connectivity index (χ1) is 9.76. The molecule has 2 aliphatic heterocycles. The van der Waals surface area contributed by atoms with Crippen LogP contribution in [0.25, 0.3) is 0 Å². The number of carbonyl (C=O) groups is 1. The normalized spacial score (nSPS) is 25.4. The lowest BCUT2D eigenvalue weighted by Gasteiger charge is -2.22. The molecule has 2 aliphatic rings. The summed E-state index contributed by atoms with van der Waals surface area (Å²) in [6, 6.07) is 9.30. The molecule has 0 aromatic heterocycles. The Labute approximate surface area is 120 Å². The fourth-order valence-electron chi connectivity index (χ4n) is 3.40. The van der Waals surface area contributed by atoms with Gasteiger partial charge in [0.1, 0.15) is 0 Å². The second kappa shape index (κ2) is 5.83. The first-order valence-electron chi connectivity index (χ1n) is 7.67. The maximum absolute atomic E-state index is 11.4. The van der Waals surface area contributed by atoms with Crippen LogP contribution in [-0.2, 0) is 4.79 Å². The number of fused-ring (bicyclic) bond motifs is 1. The lowest BCUT2D eigenvalue weighted by Crippen LogP contribution is -2.33. The van der Waals surface area contributed by atoms with Crippen LogP contribution in [0, 0.1) is 0 Å². The molecule has 4 heteroatoms. The molecule has 2 atom stereocenters. The first-order valence-corrected chi connectivity index (χ1v) is 7.67. The van der Waals surface area contributed by atoms with Gasteiger partial charge in [-0.1, -0.05) is 13.0 Å². The lowest BCUT2D eigenvalue weighted by molar-refractivity contribution is -0.115. The van der Waals surface area contributed by atoms with Crippen molar-refractivity contribution in [3.05, 3.63) is 24.3 Å². The molecule has 2 unspecified atom stereocenters. The number of anilines is 2. The van der Waals surface area contributed by atoms with Crippen molar-refractivity contribution in [3.8, 4) is 0 Å². The number of rotatable bonds is 4. The highest BCUT2D eigenvalue weighted by Gasteiger charge is 2.36. The molecular weight excluding hydrogens is 250 g/mol. The minimum atomic E-state index is 0.0602. The third kappa shape index (κ3) is 2.80. The number of benzene rings is 1. The van der Waals surface area contributed by atoms with Crippen LogP contribution in [0.3, 0.4) is 0 Å². The zero-order valence-corrected chi connectivity index (χ0v) is 12.1. The van der Waals surface area contributed by atoms with Gasteiger partial charge in [-0.2, -0.15) is 0 Å². The summed E-state index contributed by atoms with van der Waals surface area (Å²) < 4.78 is 0. The predicted octanol–water partition coefficient (Wildman–Crippen LogP) is 2.68. The van der Waals surface area contributed by atoms with Crippen molar-refractivity contribution in [2.24, 2.45) is 0 Å². The van der Waals surface area contributed by atoms with E-state index in [0.29, 0.717) is 18.5 Å². The van der Waals surface area contributed by atoms with Gasteiger partial charge in [0.15, 0.2) is 0 Å². The molecule has 1 aromatic rings. The van der Waals surface area contributed by atoms with Gasteiger partial charge in [-0.25, -0.2) is 0 Å². The minimum absolute atomic E-state index is 0.0602. The number of carbonyl (C=O) groups excluding carboxylic acids is 1. The van der Waals surface area contributed by atoms with E-state index in [0.717, 1.165) is 11.4 Å². The maximum atomic E-state index is 11.4. The molecule has 2 fully saturated rings. The van der Waals surface area contributed by atoms with Gasteiger partial charge in [-0.3, -0.25) is 9.69 Å². The Morgan fingerprint density at radius 3 is 3.00 bits per heavy atom. The van der Waals surface area contributed by atoms with E-state index in [1.165, 1.54) is 32.4 Å². The molecule has 0 aliphatic carbocycles. The Morgan fingerprint density at radius 1 is 1.30 bits per heavy atom. The summed E-state index contributed by atoms with van der Waals surface area (Å²) in [5, 5.41) is 6.56. The smallest absolute Gasteiger partial charge is 0.224 e. The molecule has 0 spiro atoms. The van der Waals surface area contributed by atoms with E-state index in [1.807, 2.05) is 25.1 Å². The maximum Gasteiger partial charge on any atom is 0.224 e. The van der Waals surface area contributed by atoms with Crippen LogP contribution >= 0.6 is 0 Å². The Balaban J connectivity index is 1.65. The third-order valence-electron chi connectivity index (χ3n) is 4.43. The van der Waals surface area contributed by atoms with E-state index in [-0.39, 0.29) is 5.91 Å². The number of nitrogens with zero attached hydrogens (tertiary/aromatic N) is 1. The zero-order chi connectivity index (χ0) is 13.9. The van der Waals surface area contributed by atoms with Crippen LogP contribution in [-0.4, -0.2) is 36.0 Å². The summed E-state index contributed by atoms with van der Waals surface area (Å²) in [4.78, 5) is 14.0. The molecule has 2 saturated heterocycles. The fraction of sp³-hybridized carbons (Fsp3) is 0.562. The third-order valence-corrected chi connectivity index (χ3v) is 4.43. The topological polar surface area (TPSA) is 44.4 Å². The number of amides is 1. The molecule has 1 aromatic carbocycles. The average Bonchev–Trinajstić information content (AvgIpc) is 3.04. The van der Waals surface area contributed by atoms with E-state index in [2.05, 4.69) is 21.6 Å². The highest BCUT2D eigenvalue weighted by Crippen LogP contribution is 2.30. The zero-order valence-electron chi connectivity index (χ0n) is 12.1. The van der Waals surface area contributed by atoms with Crippen molar-refractivity contribution < 1.29 is 4.79 Å². The number of hydrogen-bond acceptors (Lipinski definition) is 3. The summed E-state index contributed by atoms with van der Waals surface area (Å²) in [5.74, 6) is 0.0602. The molecule has 2 N–H and O–H groups in total. The molecule has 1 amide bonds. The van der Waals surface area contributed by atoms with Crippen molar-refractivity contribution in [2.45, 2.75) is 44.7 Å². The highest BCUT2D eigenvalue weighted by molar-refractivity contribution is 5.90. The minimum Gasteiger partial charge on any atom is -0.381 e. The Bertz CT molecular complexity index is 488. The monoisotopic (exact) mass is 273 g/mol. The number of hydrogen-bond donors (Lipinski definition) is 2. The van der Waals surface area contributed by atoms with Gasteiger partial charge >= 0.3 is 0 Å². The van der Waals surface area contributed by atoms with Crippen LogP contribution in [0.5, 0.6) is 0 Å². The number of nitrogens with one attached hydrogen (secondary N) is 2. The molecular formula is C16H23N3O. The van der Waals surface area contributed by atoms with E-state index in [9.17, 15) is 4.79 Å². The SMILES string of the molecule is CCC(=O)Nc1cccc(NC2CCN3CCCC23)c1. The summed E-state index contributed by atoms with van der Waals surface area (Å²) >= 11 is 0. The van der Waals surface area contributed by atoms with Crippen molar-refractivity contribution in [1.29, 1.82) is 0 Å². The van der Waals surface area contributed by atoms with Crippen LogP contribution in [0.4, 0.5) is 11.4 Å². The molecule has 0 bridgehead atoms. The van der Waals surface area contributed by atoms with Crippen molar-refractivity contribution in [3.63, 3.8) is 0 Å². The second-order valence-corrected chi connectivity index (χ2v) is 5.77. The fourth-order valence-corrected chi connectivity index (χ4v) is 3.40. The Morgan fingerprint density at radius 2 is 2.15 bits per heavy atom. The summed E-state index contributed by atoms with van der Waals surface area (Å²) in [6.45, 7) is 4.34. The van der Waals surface area contributed by atoms with Gasteiger partial charge in [0.25, 0.3) is 0 Å². The van der Waals surface area contributed by atoms with Gasteiger partial charge in [0, 0.05) is 36.4 Å². The molecule has 4 nitrogen and oxygen atoms in total. The van der Waals surface area contributed by atoms with Gasteiger partial charge in [-0.05, 0) is 44.0 Å². The largest absolute Gasteiger partial charge is 0.381 e. The summed E-state index contributed by atoms with van der Waals surface area (Å²) in [7, 11) is 0. The quantitative estimate of drug-likeness (QED) is 0.886. The summed E-state index contributed by atoms with van der Waals surface area (Å²) in [6.07, 6.45) is 4.37. The van der Waals surface area contributed by atoms with E-state index in [1.54, 1.807) is 0 Å². The molecule has 3 rings (SSSR count). The van der Waals surface area contributed by atoms with Gasteiger partial charge in [0.2, 0.25) is 5.91 Å². The standard InChI is InChI=1S/C16H23N3O/c1-2-16(20)18-13-6-3-5-12(11-13)17-14-8-10-19-9-4-7-15(14)19/h3,5-6,11,14-15,17H,2,4,7-10H2,1H3,(H,18,20). The van der Waals surface area contributed by atoms with Crippen molar-refractivity contribution in [1.82, 2.24) is 4.90 Å². The van der Waals surface area contributed by atoms with E-state index >= 15 is 0 Å².